The maximum absolute atomic E-state index is 11.3. The summed E-state index contributed by atoms with van der Waals surface area (Å²) in [6, 6.07) is 0.904. The minimum absolute atomic E-state index is 0.310. The van der Waals surface area contributed by atoms with Crippen LogP contribution in [-0.4, -0.2) is 29.2 Å². The molecule has 1 rings (SSSR count). The summed E-state index contributed by atoms with van der Waals surface area (Å²) in [5.41, 5.74) is 5.36. The Hall–Kier alpha value is -1.41. The van der Waals surface area contributed by atoms with Crippen LogP contribution in [0.3, 0.4) is 0 Å². The van der Waals surface area contributed by atoms with E-state index in [1.54, 1.807) is 13.1 Å². The first-order chi connectivity index (χ1) is 5.66. The van der Waals surface area contributed by atoms with Crippen molar-refractivity contribution in [1.82, 2.24) is 5.01 Å². The molecule has 0 radical (unpaired) electrons. The van der Waals surface area contributed by atoms with Crippen molar-refractivity contribution in [2.24, 2.45) is 10.8 Å². The van der Waals surface area contributed by atoms with Gasteiger partial charge in [-0.3, -0.25) is 4.79 Å². The molecular weight excluding hydrogens is 156 g/mol. The number of nitriles is 1. The number of rotatable bonds is 1. The molecule has 0 bridgehead atoms. The van der Waals surface area contributed by atoms with Gasteiger partial charge >= 0.3 is 0 Å². The minimum atomic E-state index is -0.601. The maximum atomic E-state index is 11.3. The van der Waals surface area contributed by atoms with Gasteiger partial charge in [0.05, 0.1) is 12.1 Å². The van der Waals surface area contributed by atoms with Crippen LogP contribution in [-0.2, 0) is 4.79 Å². The van der Waals surface area contributed by atoms with Gasteiger partial charge in [-0.05, 0) is 6.92 Å². The van der Waals surface area contributed by atoms with Crippen molar-refractivity contribution in [3.05, 3.63) is 0 Å². The van der Waals surface area contributed by atoms with Crippen molar-refractivity contribution >= 4 is 12.1 Å². The van der Waals surface area contributed by atoms with Crippen molar-refractivity contribution in [2.75, 3.05) is 0 Å². The Morgan fingerprint density at radius 3 is 3.17 bits per heavy atom. The molecule has 1 unspecified atom stereocenters. The van der Waals surface area contributed by atoms with Gasteiger partial charge in [0.15, 0.2) is 0 Å². The van der Waals surface area contributed by atoms with Gasteiger partial charge in [-0.2, -0.15) is 10.4 Å². The van der Waals surface area contributed by atoms with Crippen LogP contribution in [0.5, 0.6) is 0 Å². The second kappa shape index (κ2) is 3.32. The van der Waals surface area contributed by atoms with E-state index in [0.29, 0.717) is 6.42 Å². The molecule has 0 spiro atoms. The molecule has 2 atom stereocenters. The zero-order chi connectivity index (χ0) is 9.14. The predicted octanol–water partition coefficient (Wildman–Crippen LogP) is -0.556. The van der Waals surface area contributed by atoms with Crippen LogP contribution in [0, 0.1) is 11.3 Å². The molecular formula is C7H10N4O. The van der Waals surface area contributed by atoms with Crippen molar-refractivity contribution in [2.45, 2.75) is 25.4 Å². The van der Waals surface area contributed by atoms with E-state index in [9.17, 15) is 4.79 Å². The van der Waals surface area contributed by atoms with Crippen LogP contribution in [0.4, 0.5) is 0 Å². The van der Waals surface area contributed by atoms with Crippen molar-refractivity contribution < 1.29 is 4.79 Å². The number of carbonyl (C=O) groups is 1. The molecule has 0 aromatic heterocycles. The molecule has 5 heteroatoms. The Bertz CT molecular complexity index is 253. The molecule has 64 valence electrons. The van der Waals surface area contributed by atoms with E-state index >= 15 is 0 Å². The number of nitrogens with zero attached hydrogens (tertiary/aromatic N) is 3. The SMILES string of the molecule is C[C@H](N)C(=O)N1N=CCC1C#N. The molecule has 12 heavy (non-hydrogen) atoms. The number of carbonyl (C=O) groups excluding carboxylic acids is 1. The lowest BCUT2D eigenvalue weighted by atomic mass is 10.2. The largest absolute Gasteiger partial charge is 0.320 e. The summed E-state index contributed by atoms with van der Waals surface area (Å²) in [4.78, 5) is 11.3. The van der Waals surface area contributed by atoms with Gasteiger partial charge in [0, 0.05) is 12.6 Å². The summed E-state index contributed by atoms with van der Waals surface area (Å²) in [5, 5.41) is 13.5. The molecule has 0 aliphatic carbocycles. The molecule has 1 amide bonds. The first kappa shape index (κ1) is 8.68. The smallest absolute Gasteiger partial charge is 0.260 e. The Balaban J connectivity index is 2.69. The summed E-state index contributed by atoms with van der Waals surface area (Å²) >= 11 is 0. The summed E-state index contributed by atoms with van der Waals surface area (Å²) < 4.78 is 0. The first-order valence-electron chi connectivity index (χ1n) is 3.67. The van der Waals surface area contributed by atoms with Gasteiger partial charge in [0.2, 0.25) is 0 Å². The van der Waals surface area contributed by atoms with Gasteiger partial charge in [0.1, 0.15) is 6.04 Å². The Labute approximate surface area is 70.4 Å². The highest BCUT2D eigenvalue weighted by molar-refractivity contribution is 5.84. The van der Waals surface area contributed by atoms with E-state index in [2.05, 4.69) is 5.10 Å². The van der Waals surface area contributed by atoms with E-state index in [1.165, 1.54) is 0 Å². The molecule has 5 nitrogen and oxygen atoms in total. The molecule has 0 saturated heterocycles. The van der Waals surface area contributed by atoms with Gasteiger partial charge in [-0.1, -0.05) is 0 Å². The number of amides is 1. The fraction of sp³-hybridized carbons (Fsp3) is 0.571. The fourth-order valence-electron chi connectivity index (χ4n) is 0.942. The fourth-order valence-corrected chi connectivity index (χ4v) is 0.942. The average Bonchev–Trinajstić information content (AvgIpc) is 2.49. The third-order valence-electron chi connectivity index (χ3n) is 1.59. The van der Waals surface area contributed by atoms with Crippen molar-refractivity contribution in [3.8, 4) is 6.07 Å². The Kier molecular flexibility index (Phi) is 2.41. The van der Waals surface area contributed by atoms with Crippen LogP contribution in [0.1, 0.15) is 13.3 Å². The highest BCUT2D eigenvalue weighted by Crippen LogP contribution is 2.10. The molecule has 1 aliphatic heterocycles. The second-order valence-electron chi connectivity index (χ2n) is 2.65. The van der Waals surface area contributed by atoms with Gasteiger partial charge < -0.3 is 5.73 Å². The number of nitrogens with two attached hydrogens (primary N) is 1. The topological polar surface area (TPSA) is 82.5 Å². The Morgan fingerprint density at radius 2 is 2.67 bits per heavy atom. The van der Waals surface area contributed by atoms with Crippen LogP contribution >= 0.6 is 0 Å². The van der Waals surface area contributed by atoms with Gasteiger partial charge in [-0.25, -0.2) is 5.01 Å². The predicted molar refractivity (Wildman–Crippen MR) is 43.0 cm³/mol. The average molecular weight is 166 g/mol. The summed E-state index contributed by atoms with van der Waals surface area (Å²) in [6.07, 6.45) is 2.04. The van der Waals surface area contributed by atoms with Gasteiger partial charge in [0.25, 0.3) is 5.91 Å². The molecule has 1 aliphatic rings. The van der Waals surface area contributed by atoms with E-state index in [0.717, 1.165) is 5.01 Å². The summed E-state index contributed by atoms with van der Waals surface area (Å²) in [6.45, 7) is 1.57. The first-order valence-corrected chi connectivity index (χ1v) is 3.67. The highest BCUT2D eigenvalue weighted by Gasteiger charge is 2.28. The minimum Gasteiger partial charge on any atom is -0.320 e. The maximum Gasteiger partial charge on any atom is 0.260 e. The number of hydrazone groups is 1. The highest BCUT2D eigenvalue weighted by atomic mass is 16.2. The molecule has 0 aromatic carbocycles. The van der Waals surface area contributed by atoms with Crippen LogP contribution < -0.4 is 5.73 Å². The monoisotopic (exact) mass is 166 g/mol. The molecule has 0 fully saturated rings. The van der Waals surface area contributed by atoms with Crippen LogP contribution in [0.25, 0.3) is 0 Å². The second-order valence-corrected chi connectivity index (χ2v) is 2.65. The molecule has 0 aromatic rings. The lowest BCUT2D eigenvalue weighted by Crippen LogP contribution is -2.41. The third-order valence-corrected chi connectivity index (χ3v) is 1.59. The zero-order valence-electron chi connectivity index (χ0n) is 6.77. The number of hydrogen-bond donors (Lipinski definition) is 1. The molecule has 2 N–H and O–H groups in total. The van der Waals surface area contributed by atoms with Crippen LogP contribution in [0.2, 0.25) is 0 Å². The third kappa shape index (κ3) is 1.43. The Morgan fingerprint density at radius 1 is 2.00 bits per heavy atom. The molecule has 1 heterocycles. The van der Waals surface area contributed by atoms with Crippen LogP contribution in [0.15, 0.2) is 5.10 Å². The summed E-state index contributed by atoms with van der Waals surface area (Å²) in [7, 11) is 0. The van der Waals surface area contributed by atoms with E-state index in [4.69, 9.17) is 11.0 Å². The van der Waals surface area contributed by atoms with E-state index in [-0.39, 0.29) is 5.91 Å². The summed E-state index contributed by atoms with van der Waals surface area (Å²) in [5.74, 6) is -0.310. The van der Waals surface area contributed by atoms with E-state index < -0.39 is 12.1 Å². The van der Waals surface area contributed by atoms with Gasteiger partial charge in [-0.15, -0.1) is 0 Å². The van der Waals surface area contributed by atoms with E-state index in [1.807, 2.05) is 6.07 Å². The molecule has 0 saturated carbocycles. The normalized spacial score (nSPS) is 23.8. The lowest BCUT2D eigenvalue weighted by molar-refractivity contribution is -0.132. The van der Waals surface area contributed by atoms with Crippen molar-refractivity contribution in [3.63, 3.8) is 0 Å². The standard InChI is InChI=1S/C7H10N4O/c1-5(9)7(12)11-6(4-8)2-3-10-11/h3,5-6H,2,9H2,1H3/t5-,6?/m0/s1. The lowest BCUT2D eigenvalue weighted by Gasteiger charge is -2.17. The quantitative estimate of drug-likeness (QED) is 0.567. The zero-order valence-corrected chi connectivity index (χ0v) is 6.77. The number of hydrogen-bond acceptors (Lipinski definition) is 4. The van der Waals surface area contributed by atoms with Crippen molar-refractivity contribution in [1.29, 1.82) is 5.26 Å².